The van der Waals surface area contributed by atoms with Crippen LogP contribution in [0.4, 0.5) is 4.79 Å². The highest BCUT2D eigenvalue weighted by Crippen LogP contribution is 2.03. The van der Waals surface area contributed by atoms with Crippen molar-refractivity contribution in [2.45, 2.75) is 0 Å². The molecule has 2 amide bonds. The number of nitrogens with zero attached hydrogens (tertiary/aromatic N) is 1. The van der Waals surface area contributed by atoms with Crippen LogP contribution >= 0.6 is 0 Å². The van der Waals surface area contributed by atoms with Gasteiger partial charge in [0.05, 0.1) is 5.41 Å². The van der Waals surface area contributed by atoms with Crippen molar-refractivity contribution in [2.24, 2.45) is 0 Å². The Kier molecular flexibility index (Phi) is 6.27. The largest absolute Gasteiger partial charge is 0.480 e. The lowest BCUT2D eigenvalue weighted by atomic mass is 10.2. The molecule has 0 radical (unpaired) electrons. The zero-order chi connectivity index (χ0) is 17.5. The van der Waals surface area contributed by atoms with Crippen molar-refractivity contribution in [1.82, 2.24) is 9.62 Å². The standard InChI is InChI=1S/C13H14N2O7S/c16-11(17)8-15(9-12(18)19)13(20)14-23(21,22)7-6-10-4-2-1-3-5-10/h1-7H,8-9H2,(H,14,20)(H,16,17)(H,18,19). The van der Waals surface area contributed by atoms with Gasteiger partial charge in [-0.25, -0.2) is 17.9 Å². The van der Waals surface area contributed by atoms with Crippen LogP contribution in [0.25, 0.3) is 6.08 Å². The molecule has 0 aliphatic rings. The minimum absolute atomic E-state index is 0.346. The maximum atomic E-state index is 11.8. The smallest absolute Gasteiger partial charge is 0.332 e. The summed E-state index contributed by atoms with van der Waals surface area (Å²) in [6.45, 7) is -1.90. The Morgan fingerprint density at radius 1 is 1.04 bits per heavy atom. The molecule has 9 nitrogen and oxygen atoms in total. The number of aliphatic carboxylic acids is 2. The van der Waals surface area contributed by atoms with Gasteiger partial charge in [0.25, 0.3) is 10.0 Å². The molecular formula is C13H14N2O7S. The third-order valence-electron chi connectivity index (χ3n) is 2.41. The van der Waals surface area contributed by atoms with Gasteiger partial charge in [-0.3, -0.25) is 9.59 Å². The lowest BCUT2D eigenvalue weighted by Crippen LogP contribution is -2.46. The fraction of sp³-hybridized carbons (Fsp3) is 0.154. The van der Waals surface area contributed by atoms with E-state index in [1.165, 1.54) is 6.08 Å². The summed E-state index contributed by atoms with van der Waals surface area (Å²) in [4.78, 5) is 33.2. The predicted octanol–water partition coefficient (Wildman–Crippen LogP) is 0.168. The molecule has 0 unspecified atom stereocenters. The SMILES string of the molecule is O=C(O)CN(CC(=O)O)C(=O)NS(=O)(=O)C=Cc1ccccc1. The molecule has 124 valence electrons. The van der Waals surface area contributed by atoms with Crippen LogP contribution in [0.5, 0.6) is 0 Å². The maximum Gasteiger partial charge on any atom is 0.332 e. The number of hydrogen-bond acceptors (Lipinski definition) is 5. The van der Waals surface area contributed by atoms with Gasteiger partial charge in [0.2, 0.25) is 0 Å². The van der Waals surface area contributed by atoms with Crippen LogP contribution in [0.1, 0.15) is 5.56 Å². The van der Waals surface area contributed by atoms with Gasteiger partial charge < -0.3 is 15.1 Å². The van der Waals surface area contributed by atoms with E-state index < -0.39 is 41.1 Å². The number of amides is 2. The highest BCUT2D eigenvalue weighted by molar-refractivity contribution is 7.93. The monoisotopic (exact) mass is 342 g/mol. The molecule has 1 rings (SSSR count). The van der Waals surface area contributed by atoms with Gasteiger partial charge in [-0.2, -0.15) is 0 Å². The van der Waals surface area contributed by atoms with E-state index in [1.54, 1.807) is 35.1 Å². The van der Waals surface area contributed by atoms with E-state index in [1.807, 2.05) is 0 Å². The van der Waals surface area contributed by atoms with Crippen LogP contribution in [0.3, 0.4) is 0 Å². The molecule has 0 heterocycles. The Morgan fingerprint density at radius 3 is 2.04 bits per heavy atom. The van der Waals surface area contributed by atoms with E-state index in [4.69, 9.17) is 10.2 Å². The van der Waals surface area contributed by atoms with E-state index >= 15 is 0 Å². The lowest BCUT2D eigenvalue weighted by Gasteiger charge is -2.18. The molecular weight excluding hydrogens is 328 g/mol. The first-order valence-electron chi connectivity index (χ1n) is 6.18. The molecule has 0 atom stereocenters. The molecule has 3 N–H and O–H groups in total. The second kappa shape index (κ2) is 7.94. The van der Waals surface area contributed by atoms with Crippen LogP contribution in [-0.2, 0) is 19.6 Å². The number of benzene rings is 1. The van der Waals surface area contributed by atoms with Gasteiger partial charge >= 0.3 is 18.0 Å². The third-order valence-corrected chi connectivity index (χ3v) is 3.36. The minimum Gasteiger partial charge on any atom is -0.480 e. The van der Waals surface area contributed by atoms with Crippen molar-refractivity contribution in [3.8, 4) is 0 Å². The number of carbonyl (C=O) groups excluding carboxylic acids is 1. The number of rotatable bonds is 7. The normalized spacial score (nSPS) is 11.1. The molecule has 10 heteroatoms. The van der Waals surface area contributed by atoms with Crippen molar-refractivity contribution >= 4 is 34.1 Å². The predicted molar refractivity (Wildman–Crippen MR) is 79.8 cm³/mol. The highest BCUT2D eigenvalue weighted by atomic mass is 32.2. The maximum absolute atomic E-state index is 11.8. The Balaban J connectivity index is 2.81. The first-order chi connectivity index (χ1) is 10.7. The van der Waals surface area contributed by atoms with Crippen LogP contribution in [0.15, 0.2) is 35.7 Å². The van der Waals surface area contributed by atoms with Gasteiger partial charge in [-0.05, 0) is 11.6 Å². The van der Waals surface area contributed by atoms with Gasteiger partial charge in [0.1, 0.15) is 13.1 Å². The summed E-state index contributed by atoms with van der Waals surface area (Å²) in [5.41, 5.74) is 0.568. The quantitative estimate of drug-likeness (QED) is 0.641. The number of hydrogen-bond donors (Lipinski definition) is 3. The second-order valence-corrected chi connectivity index (χ2v) is 5.88. The van der Waals surface area contributed by atoms with Crippen molar-refractivity contribution in [3.05, 3.63) is 41.3 Å². The van der Waals surface area contributed by atoms with Crippen molar-refractivity contribution in [3.63, 3.8) is 0 Å². The highest BCUT2D eigenvalue weighted by Gasteiger charge is 2.22. The lowest BCUT2D eigenvalue weighted by molar-refractivity contribution is -0.140. The number of carboxylic acid groups (broad SMARTS) is 2. The third kappa shape index (κ3) is 7.09. The molecule has 0 spiro atoms. The molecule has 0 aliphatic heterocycles. The Labute approximate surface area is 131 Å². The Hall–Kier alpha value is -2.88. The van der Waals surface area contributed by atoms with Crippen molar-refractivity contribution in [1.29, 1.82) is 0 Å². The first kappa shape index (κ1) is 18.2. The summed E-state index contributed by atoms with van der Waals surface area (Å²) in [6.07, 6.45) is 1.23. The number of nitrogens with one attached hydrogen (secondary N) is 1. The van der Waals surface area contributed by atoms with E-state index in [2.05, 4.69) is 0 Å². The fourth-order valence-electron chi connectivity index (χ4n) is 1.48. The topological polar surface area (TPSA) is 141 Å². The zero-order valence-corrected chi connectivity index (χ0v) is 12.6. The summed E-state index contributed by atoms with van der Waals surface area (Å²) in [6, 6.07) is 7.04. The van der Waals surface area contributed by atoms with Crippen LogP contribution < -0.4 is 4.72 Å². The van der Waals surface area contributed by atoms with E-state index in [-0.39, 0.29) is 0 Å². The first-order valence-corrected chi connectivity index (χ1v) is 7.72. The average molecular weight is 342 g/mol. The molecule has 1 aromatic rings. The van der Waals surface area contributed by atoms with Gasteiger partial charge in [0, 0.05) is 0 Å². The minimum atomic E-state index is -4.20. The summed E-state index contributed by atoms with van der Waals surface area (Å²) in [7, 11) is -4.20. The molecule has 1 aromatic carbocycles. The fourth-order valence-corrected chi connectivity index (χ4v) is 2.26. The van der Waals surface area contributed by atoms with Crippen LogP contribution in [-0.4, -0.2) is 54.6 Å². The molecule has 0 bridgehead atoms. The van der Waals surface area contributed by atoms with Crippen LogP contribution in [0.2, 0.25) is 0 Å². The van der Waals surface area contributed by atoms with Crippen molar-refractivity contribution < 1.29 is 33.0 Å². The molecule has 23 heavy (non-hydrogen) atoms. The molecule has 0 saturated heterocycles. The van der Waals surface area contributed by atoms with Gasteiger partial charge in [-0.1, -0.05) is 30.3 Å². The molecule has 0 aliphatic carbocycles. The van der Waals surface area contributed by atoms with E-state index in [9.17, 15) is 22.8 Å². The van der Waals surface area contributed by atoms with Gasteiger partial charge in [0.15, 0.2) is 0 Å². The Bertz CT molecular complexity index is 697. The number of carboxylic acids is 2. The summed E-state index contributed by atoms with van der Waals surface area (Å²) < 4.78 is 25.1. The molecule has 0 saturated carbocycles. The summed E-state index contributed by atoms with van der Waals surface area (Å²) in [5.74, 6) is -2.95. The average Bonchev–Trinajstić information content (AvgIpc) is 2.44. The van der Waals surface area contributed by atoms with Gasteiger partial charge in [-0.15, -0.1) is 0 Å². The number of sulfonamides is 1. The Morgan fingerprint density at radius 2 is 1.57 bits per heavy atom. The summed E-state index contributed by atoms with van der Waals surface area (Å²) in [5, 5.41) is 18.0. The molecule has 0 fully saturated rings. The van der Waals surface area contributed by atoms with Crippen molar-refractivity contribution in [2.75, 3.05) is 13.1 Å². The zero-order valence-electron chi connectivity index (χ0n) is 11.7. The molecule has 0 aromatic heterocycles. The summed E-state index contributed by atoms with van der Waals surface area (Å²) >= 11 is 0. The number of carbonyl (C=O) groups is 3. The van der Waals surface area contributed by atoms with E-state index in [0.29, 0.717) is 10.5 Å². The van der Waals surface area contributed by atoms with Crippen LogP contribution in [0, 0.1) is 0 Å². The van der Waals surface area contributed by atoms with E-state index in [0.717, 1.165) is 5.41 Å². The second-order valence-electron chi connectivity index (χ2n) is 4.31. The number of urea groups is 1.